The summed E-state index contributed by atoms with van der Waals surface area (Å²) in [5.41, 5.74) is 1.48. The van der Waals surface area contributed by atoms with Crippen molar-refractivity contribution in [3.63, 3.8) is 0 Å². The second kappa shape index (κ2) is 9.86. The van der Waals surface area contributed by atoms with E-state index in [-0.39, 0.29) is 37.4 Å². The van der Waals surface area contributed by atoms with Crippen LogP contribution in [0.2, 0.25) is 0 Å². The van der Waals surface area contributed by atoms with Gasteiger partial charge in [-0.3, -0.25) is 19.3 Å². The number of rotatable bonds is 8. The number of amides is 3. The first kappa shape index (κ1) is 22.5. The minimum atomic E-state index is -0.392. The van der Waals surface area contributed by atoms with Crippen LogP contribution in [0.4, 0.5) is 4.79 Å². The van der Waals surface area contributed by atoms with Crippen molar-refractivity contribution in [3.8, 4) is 23.0 Å². The molecule has 1 fully saturated rings. The fourth-order valence-corrected chi connectivity index (χ4v) is 4.26. The van der Waals surface area contributed by atoms with Crippen molar-refractivity contribution in [3.05, 3.63) is 52.4 Å². The highest BCUT2D eigenvalue weighted by molar-refractivity contribution is 8.18. The summed E-state index contributed by atoms with van der Waals surface area (Å²) in [5, 5.41) is 2.37. The molecule has 0 radical (unpaired) electrons. The molecule has 4 rings (SSSR count). The molecule has 1 saturated heterocycles. The Morgan fingerprint density at radius 2 is 1.88 bits per heavy atom. The van der Waals surface area contributed by atoms with Crippen molar-refractivity contribution in [1.29, 1.82) is 0 Å². The molecular weight excluding hydrogens is 448 g/mol. The average molecular weight is 471 g/mol. The van der Waals surface area contributed by atoms with E-state index in [1.54, 1.807) is 49.6 Å². The highest BCUT2D eigenvalue weighted by Crippen LogP contribution is 2.36. The Labute approximate surface area is 194 Å². The molecule has 0 saturated carbocycles. The lowest BCUT2D eigenvalue weighted by Crippen LogP contribution is -2.37. The number of methoxy groups -OCH3 is 2. The lowest BCUT2D eigenvalue weighted by molar-refractivity contribution is -0.124. The largest absolute Gasteiger partial charge is 0.493 e. The number of hydrogen-bond acceptors (Lipinski definition) is 8. The second-order valence-corrected chi connectivity index (χ2v) is 8.16. The van der Waals surface area contributed by atoms with E-state index in [1.807, 2.05) is 0 Å². The Morgan fingerprint density at radius 3 is 2.67 bits per heavy atom. The number of thioether (sulfide) groups is 1. The lowest BCUT2D eigenvalue weighted by Gasteiger charge is -2.13. The highest BCUT2D eigenvalue weighted by atomic mass is 32.2. The zero-order valence-electron chi connectivity index (χ0n) is 18.1. The molecular formula is C23H22N2O7S. The molecule has 2 aromatic carbocycles. The van der Waals surface area contributed by atoms with Crippen molar-refractivity contribution in [2.45, 2.75) is 6.42 Å². The van der Waals surface area contributed by atoms with Crippen molar-refractivity contribution in [2.75, 3.05) is 34.1 Å². The van der Waals surface area contributed by atoms with Crippen LogP contribution in [-0.2, 0) is 16.0 Å². The standard InChI is InChI=1S/C23H22N2O7S/c1-29-16-5-3-15(9-18(16)30-2)12-21(26)24-7-8-25-22(27)20(33-23(25)28)11-14-4-6-17-19(10-14)32-13-31-17/h3-6,9-11H,7-8,12-13H2,1-2H3,(H,24,26)/b20-11+. The highest BCUT2D eigenvalue weighted by Gasteiger charge is 2.34. The van der Waals surface area contributed by atoms with Gasteiger partial charge in [-0.2, -0.15) is 0 Å². The van der Waals surface area contributed by atoms with E-state index >= 15 is 0 Å². The second-order valence-electron chi connectivity index (χ2n) is 7.16. The number of benzene rings is 2. The van der Waals surface area contributed by atoms with Gasteiger partial charge in [0.15, 0.2) is 23.0 Å². The minimum Gasteiger partial charge on any atom is -0.493 e. The Hall–Kier alpha value is -3.66. The summed E-state index contributed by atoms with van der Waals surface area (Å²) < 4.78 is 21.1. The van der Waals surface area contributed by atoms with E-state index < -0.39 is 5.91 Å². The number of nitrogens with one attached hydrogen (secondary N) is 1. The van der Waals surface area contributed by atoms with E-state index in [0.717, 1.165) is 27.8 Å². The van der Waals surface area contributed by atoms with Gasteiger partial charge in [0.25, 0.3) is 11.1 Å². The molecule has 0 spiro atoms. The molecule has 1 N–H and O–H groups in total. The fourth-order valence-electron chi connectivity index (χ4n) is 3.39. The Bertz CT molecular complexity index is 1130. The van der Waals surface area contributed by atoms with Crippen molar-refractivity contribution >= 4 is 34.9 Å². The van der Waals surface area contributed by atoms with E-state index in [4.69, 9.17) is 18.9 Å². The maximum atomic E-state index is 12.7. The van der Waals surface area contributed by atoms with Crippen LogP contribution in [0.1, 0.15) is 11.1 Å². The smallest absolute Gasteiger partial charge is 0.293 e. The van der Waals surface area contributed by atoms with Gasteiger partial charge in [-0.05, 0) is 53.2 Å². The number of fused-ring (bicyclic) bond motifs is 1. The number of nitrogens with zero attached hydrogens (tertiary/aromatic N) is 1. The van der Waals surface area contributed by atoms with Crippen molar-refractivity contribution in [2.24, 2.45) is 0 Å². The third kappa shape index (κ3) is 5.06. The molecule has 2 aliphatic rings. The van der Waals surface area contributed by atoms with E-state index in [2.05, 4.69) is 5.32 Å². The topological polar surface area (TPSA) is 103 Å². The van der Waals surface area contributed by atoms with Gasteiger partial charge in [-0.1, -0.05) is 12.1 Å². The van der Waals surface area contributed by atoms with Gasteiger partial charge in [0, 0.05) is 13.1 Å². The van der Waals surface area contributed by atoms with Gasteiger partial charge in [-0.15, -0.1) is 0 Å². The first-order valence-corrected chi connectivity index (χ1v) is 10.9. The maximum absolute atomic E-state index is 12.7. The zero-order chi connectivity index (χ0) is 23.4. The molecule has 172 valence electrons. The first-order chi connectivity index (χ1) is 16.0. The third-order valence-corrected chi connectivity index (χ3v) is 5.95. The predicted octanol–water partition coefficient (Wildman–Crippen LogP) is 2.83. The van der Waals surface area contributed by atoms with Crippen LogP contribution in [-0.4, -0.2) is 56.1 Å². The normalized spacial score (nSPS) is 15.8. The first-order valence-electron chi connectivity index (χ1n) is 10.1. The number of hydrogen-bond donors (Lipinski definition) is 1. The van der Waals surface area contributed by atoms with Crippen LogP contribution >= 0.6 is 11.8 Å². The third-order valence-electron chi connectivity index (χ3n) is 5.04. The van der Waals surface area contributed by atoms with Crippen LogP contribution < -0.4 is 24.3 Å². The Kier molecular flexibility index (Phi) is 6.74. The van der Waals surface area contributed by atoms with Gasteiger partial charge in [0.05, 0.1) is 25.5 Å². The molecule has 0 bridgehead atoms. The van der Waals surface area contributed by atoms with Gasteiger partial charge >= 0.3 is 0 Å². The summed E-state index contributed by atoms with van der Waals surface area (Å²) in [6, 6.07) is 10.5. The molecule has 2 aromatic rings. The molecule has 33 heavy (non-hydrogen) atoms. The molecule has 3 amide bonds. The lowest BCUT2D eigenvalue weighted by atomic mass is 10.1. The van der Waals surface area contributed by atoms with Crippen LogP contribution in [0.5, 0.6) is 23.0 Å². The van der Waals surface area contributed by atoms with Crippen LogP contribution in [0.25, 0.3) is 6.08 Å². The molecule has 0 aromatic heterocycles. The molecule has 0 atom stereocenters. The molecule has 2 aliphatic heterocycles. The van der Waals surface area contributed by atoms with E-state index in [1.165, 1.54) is 7.11 Å². The molecule has 0 aliphatic carbocycles. The van der Waals surface area contributed by atoms with Crippen LogP contribution in [0.15, 0.2) is 41.3 Å². The summed E-state index contributed by atoms with van der Waals surface area (Å²) in [5.74, 6) is 1.73. The fraction of sp³-hybridized carbons (Fsp3) is 0.261. The quantitative estimate of drug-likeness (QED) is 0.588. The maximum Gasteiger partial charge on any atom is 0.293 e. The van der Waals surface area contributed by atoms with Crippen LogP contribution in [0.3, 0.4) is 0 Å². The van der Waals surface area contributed by atoms with Crippen LogP contribution in [0, 0.1) is 0 Å². The molecule has 0 unspecified atom stereocenters. The predicted molar refractivity (Wildman–Crippen MR) is 122 cm³/mol. The SMILES string of the molecule is COc1ccc(CC(=O)NCCN2C(=O)S/C(=C/c3ccc4c(c3)OCO4)C2=O)cc1OC. The summed E-state index contributed by atoms with van der Waals surface area (Å²) in [6.07, 6.45) is 1.77. The van der Waals surface area contributed by atoms with Gasteiger partial charge < -0.3 is 24.3 Å². The summed E-state index contributed by atoms with van der Waals surface area (Å²) >= 11 is 0.867. The number of ether oxygens (including phenoxy) is 4. The molecule has 9 nitrogen and oxygen atoms in total. The van der Waals surface area contributed by atoms with Gasteiger partial charge in [0.2, 0.25) is 12.7 Å². The number of carbonyl (C=O) groups excluding carboxylic acids is 3. The van der Waals surface area contributed by atoms with Crippen molar-refractivity contribution < 1.29 is 33.3 Å². The van der Waals surface area contributed by atoms with Gasteiger partial charge in [-0.25, -0.2) is 0 Å². The monoisotopic (exact) mass is 470 g/mol. The van der Waals surface area contributed by atoms with E-state index in [9.17, 15) is 14.4 Å². The summed E-state index contributed by atoms with van der Waals surface area (Å²) in [7, 11) is 3.07. The summed E-state index contributed by atoms with van der Waals surface area (Å²) in [4.78, 5) is 38.7. The molecule has 2 heterocycles. The Morgan fingerprint density at radius 1 is 1.09 bits per heavy atom. The number of imide groups is 1. The summed E-state index contributed by atoms with van der Waals surface area (Å²) in [6.45, 7) is 0.398. The van der Waals surface area contributed by atoms with E-state index in [0.29, 0.717) is 27.9 Å². The minimum absolute atomic E-state index is 0.0841. The molecule has 10 heteroatoms. The number of carbonyl (C=O) groups is 3. The van der Waals surface area contributed by atoms with Crippen molar-refractivity contribution in [1.82, 2.24) is 10.2 Å². The average Bonchev–Trinajstić information content (AvgIpc) is 3.38. The zero-order valence-corrected chi connectivity index (χ0v) is 18.9. The van der Waals surface area contributed by atoms with Gasteiger partial charge in [0.1, 0.15) is 0 Å². The Balaban J connectivity index is 1.31.